The summed E-state index contributed by atoms with van der Waals surface area (Å²) in [5.74, 6) is -1.09. The molecule has 2 aliphatic heterocycles. The molecule has 1 aromatic heterocycles. The van der Waals surface area contributed by atoms with Crippen LogP contribution < -0.4 is 15.8 Å². The molecule has 2 aliphatic rings. The van der Waals surface area contributed by atoms with Crippen LogP contribution in [0.15, 0.2) is 62.8 Å². The quantitative estimate of drug-likeness (QED) is 0.506. The first-order valence-corrected chi connectivity index (χ1v) is 12.6. The molecule has 3 aromatic rings. The van der Waals surface area contributed by atoms with Crippen molar-refractivity contribution < 1.29 is 13.6 Å². The summed E-state index contributed by atoms with van der Waals surface area (Å²) in [6.45, 7) is 2.02. The van der Waals surface area contributed by atoms with Crippen molar-refractivity contribution in [2.45, 2.75) is 12.5 Å². The number of H-pyrrole nitrogens is 1. The van der Waals surface area contributed by atoms with E-state index in [2.05, 4.69) is 31.2 Å². The third-order valence-corrected chi connectivity index (χ3v) is 7.77. The number of halogens is 3. The van der Waals surface area contributed by atoms with Gasteiger partial charge in [0.2, 0.25) is 11.8 Å². The second-order valence-corrected chi connectivity index (χ2v) is 10.4. The zero-order chi connectivity index (χ0) is 24.7. The van der Waals surface area contributed by atoms with E-state index in [9.17, 15) is 14.0 Å². The molecule has 0 spiro atoms. The standard InChI is InChI=1S/C24H20BrF2N5O2S/c1-13-19(27)21(34)29-22(28-13)32-10-15-11-35-23(30-20(33)14-5-3-2-4-6-14)31-24(15,12-32)17-9-16(25)7-8-18(17)26/h2-9,15H,10-12H2,1H3,(H,28,29,34)(H,30,31,33)/t15-,24-/m0/s1. The Hall–Kier alpha value is -3.05. The summed E-state index contributed by atoms with van der Waals surface area (Å²) < 4.78 is 29.8. The predicted octanol–water partition coefficient (Wildman–Crippen LogP) is 3.98. The third kappa shape index (κ3) is 4.38. The zero-order valence-corrected chi connectivity index (χ0v) is 20.9. The number of hydrogen-bond donors (Lipinski definition) is 2. The van der Waals surface area contributed by atoms with Gasteiger partial charge in [-0.3, -0.25) is 14.6 Å². The van der Waals surface area contributed by atoms with Crippen molar-refractivity contribution in [3.63, 3.8) is 0 Å². The number of thioether (sulfide) groups is 1. The number of aryl methyl sites for hydroxylation is 1. The smallest absolute Gasteiger partial charge is 0.288 e. The molecule has 2 aromatic carbocycles. The summed E-state index contributed by atoms with van der Waals surface area (Å²) in [5, 5.41) is 3.24. The fraction of sp³-hybridized carbons (Fsp3) is 0.250. The number of rotatable bonds is 3. The van der Waals surface area contributed by atoms with Crippen LogP contribution in [-0.2, 0) is 5.54 Å². The van der Waals surface area contributed by atoms with E-state index in [0.717, 1.165) is 0 Å². The number of amidine groups is 1. The van der Waals surface area contributed by atoms with Crippen LogP contribution in [0.1, 0.15) is 21.6 Å². The van der Waals surface area contributed by atoms with E-state index in [-0.39, 0.29) is 30.0 Å². The highest BCUT2D eigenvalue weighted by molar-refractivity contribution is 9.10. The van der Waals surface area contributed by atoms with Gasteiger partial charge in [0.1, 0.15) is 11.4 Å². The molecule has 0 saturated carbocycles. The monoisotopic (exact) mass is 559 g/mol. The van der Waals surface area contributed by atoms with Gasteiger partial charge in [0.05, 0.1) is 12.2 Å². The maximum absolute atomic E-state index is 15.2. The highest BCUT2D eigenvalue weighted by Gasteiger charge is 2.52. The number of nitrogens with one attached hydrogen (secondary N) is 2. The molecule has 1 amide bonds. The second kappa shape index (κ2) is 9.19. The lowest BCUT2D eigenvalue weighted by molar-refractivity contribution is 0.0977. The van der Waals surface area contributed by atoms with E-state index >= 15 is 4.39 Å². The number of amides is 1. The van der Waals surface area contributed by atoms with Crippen LogP contribution in [0.5, 0.6) is 0 Å². The molecular formula is C24H20BrF2N5O2S. The topological polar surface area (TPSA) is 90.4 Å². The number of nitrogens with zero attached hydrogens (tertiary/aromatic N) is 3. The largest absolute Gasteiger partial charge is 0.339 e. The summed E-state index contributed by atoms with van der Waals surface area (Å²) in [5.41, 5.74) is -1.09. The fourth-order valence-corrected chi connectivity index (χ4v) is 5.99. The average Bonchev–Trinajstić information content (AvgIpc) is 3.24. The van der Waals surface area contributed by atoms with Crippen molar-refractivity contribution in [3.8, 4) is 0 Å². The van der Waals surface area contributed by atoms with E-state index in [1.165, 1.54) is 24.8 Å². The Balaban J connectivity index is 1.57. The van der Waals surface area contributed by atoms with Gasteiger partial charge in [-0.05, 0) is 37.3 Å². The molecule has 1 saturated heterocycles. The van der Waals surface area contributed by atoms with E-state index in [1.54, 1.807) is 41.3 Å². The van der Waals surface area contributed by atoms with Crippen molar-refractivity contribution in [1.82, 2.24) is 15.3 Å². The van der Waals surface area contributed by atoms with Crippen LogP contribution in [-0.4, -0.2) is 39.9 Å². The summed E-state index contributed by atoms with van der Waals surface area (Å²) >= 11 is 4.80. The van der Waals surface area contributed by atoms with Crippen molar-refractivity contribution >= 4 is 44.7 Å². The van der Waals surface area contributed by atoms with Gasteiger partial charge in [-0.15, -0.1) is 0 Å². The Bertz CT molecular complexity index is 1400. The summed E-state index contributed by atoms with van der Waals surface area (Å²) in [7, 11) is 0. The normalized spacial score (nSPS) is 21.4. The SMILES string of the molecule is Cc1nc(N2C[C@H]3CSC(NC(=O)c4ccccc4)=N[C@@]3(c3cc(Br)ccc3F)C2)[nH]c(=O)c1F. The second-order valence-electron chi connectivity index (χ2n) is 8.46. The number of aromatic amines is 1. The van der Waals surface area contributed by atoms with Crippen LogP contribution in [0.2, 0.25) is 0 Å². The Kier molecular flexibility index (Phi) is 6.22. The van der Waals surface area contributed by atoms with Gasteiger partial charge in [0.25, 0.3) is 11.5 Å². The maximum atomic E-state index is 15.2. The summed E-state index contributed by atoms with van der Waals surface area (Å²) in [4.78, 5) is 38.2. The van der Waals surface area contributed by atoms with Crippen LogP contribution in [0.4, 0.5) is 14.7 Å². The lowest BCUT2D eigenvalue weighted by atomic mass is 9.81. The fourth-order valence-electron chi connectivity index (χ4n) is 4.50. The van der Waals surface area contributed by atoms with E-state index in [4.69, 9.17) is 4.99 Å². The molecule has 2 atom stereocenters. The van der Waals surface area contributed by atoms with Crippen molar-refractivity contribution in [1.29, 1.82) is 0 Å². The first kappa shape index (κ1) is 23.7. The van der Waals surface area contributed by atoms with Gasteiger partial charge in [0, 0.05) is 33.8 Å². The molecule has 0 radical (unpaired) electrons. The Labute approximate surface area is 212 Å². The number of anilines is 1. The molecule has 11 heteroatoms. The highest BCUT2D eigenvalue weighted by Crippen LogP contribution is 2.47. The number of aromatic nitrogens is 2. The van der Waals surface area contributed by atoms with E-state index in [1.807, 2.05) is 6.07 Å². The van der Waals surface area contributed by atoms with Gasteiger partial charge in [0.15, 0.2) is 5.17 Å². The maximum Gasteiger partial charge on any atom is 0.288 e. The number of carbonyl (C=O) groups is 1. The lowest BCUT2D eigenvalue weighted by Crippen LogP contribution is -2.43. The van der Waals surface area contributed by atoms with E-state index < -0.39 is 22.7 Å². The molecule has 35 heavy (non-hydrogen) atoms. The van der Waals surface area contributed by atoms with Crippen molar-refractivity contribution in [3.05, 3.63) is 91.8 Å². The number of carbonyl (C=O) groups excluding carboxylic acids is 1. The first-order valence-electron chi connectivity index (χ1n) is 10.8. The van der Waals surface area contributed by atoms with Crippen molar-refractivity contribution in [2.75, 3.05) is 23.7 Å². The van der Waals surface area contributed by atoms with Crippen LogP contribution in [0.25, 0.3) is 0 Å². The summed E-state index contributed by atoms with van der Waals surface area (Å²) in [6, 6.07) is 13.4. The minimum Gasteiger partial charge on any atom is -0.339 e. The predicted molar refractivity (Wildman–Crippen MR) is 135 cm³/mol. The molecule has 0 bridgehead atoms. The highest BCUT2D eigenvalue weighted by atomic mass is 79.9. The minimum absolute atomic E-state index is 0.0185. The Morgan fingerprint density at radius 3 is 2.77 bits per heavy atom. The molecule has 7 nitrogen and oxygen atoms in total. The average molecular weight is 560 g/mol. The van der Waals surface area contributed by atoms with Crippen LogP contribution >= 0.6 is 27.7 Å². The Morgan fingerprint density at radius 2 is 2.03 bits per heavy atom. The first-order chi connectivity index (χ1) is 16.8. The zero-order valence-electron chi connectivity index (χ0n) is 18.5. The minimum atomic E-state index is -1.06. The van der Waals surface area contributed by atoms with Gasteiger partial charge in [-0.2, -0.15) is 4.39 Å². The van der Waals surface area contributed by atoms with Gasteiger partial charge in [-0.1, -0.05) is 45.9 Å². The molecule has 180 valence electrons. The molecule has 5 rings (SSSR count). The molecule has 1 fully saturated rings. The number of hydrogen-bond acceptors (Lipinski definition) is 6. The number of benzene rings is 2. The molecule has 0 unspecified atom stereocenters. The lowest BCUT2D eigenvalue weighted by Gasteiger charge is -2.35. The van der Waals surface area contributed by atoms with Crippen LogP contribution in [0, 0.1) is 24.5 Å². The van der Waals surface area contributed by atoms with Gasteiger partial charge < -0.3 is 10.2 Å². The third-order valence-electron chi connectivity index (χ3n) is 6.24. The molecule has 2 N–H and O–H groups in total. The van der Waals surface area contributed by atoms with Gasteiger partial charge in [-0.25, -0.2) is 14.4 Å². The number of aliphatic imine (C=N–C) groups is 1. The van der Waals surface area contributed by atoms with Crippen LogP contribution in [0.3, 0.4) is 0 Å². The molecular weight excluding hydrogens is 540 g/mol. The molecule has 0 aliphatic carbocycles. The van der Waals surface area contributed by atoms with Gasteiger partial charge >= 0.3 is 0 Å². The van der Waals surface area contributed by atoms with Crippen molar-refractivity contribution in [2.24, 2.45) is 10.9 Å². The summed E-state index contributed by atoms with van der Waals surface area (Å²) in [6.07, 6.45) is 0. The molecule has 3 heterocycles. The number of fused-ring (bicyclic) bond motifs is 1. The van der Waals surface area contributed by atoms with E-state index in [0.29, 0.717) is 33.1 Å². The Morgan fingerprint density at radius 1 is 1.26 bits per heavy atom.